The smallest absolute Gasteiger partial charge is 0.462 e. The molecule has 524 valence electrons. The van der Waals surface area contributed by atoms with Crippen LogP contribution in [0.2, 0.25) is 0 Å². The van der Waals surface area contributed by atoms with Gasteiger partial charge in [0.1, 0.15) is 19.3 Å². The molecular weight excluding hydrogens is 1170 g/mol. The molecule has 0 heterocycles. The van der Waals surface area contributed by atoms with E-state index in [1.807, 2.05) is 0 Å². The molecule has 0 aromatic carbocycles. The second-order valence-corrected chi connectivity index (χ2v) is 28.0. The minimum absolute atomic E-state index is 0.0854. The van der Waals surface area contributed by atoms with Gasteiger partial charge in [-0.2, -0.15) is 0 Å². The summed E-state index contributed by atoms with van der Waals surface area (Å²) >= 11 is 0. The summed E-state index contributed by atoms with van der Waals surface area (Å²) in [4.78, 5) is 72.5. The van der Waals surface area contributed by atoms with E-state index in [2.05, 4.69) is 58.9 Å². The number of hydrogen-bond donors (Lipinski definition) is 3. The fourth-order valence-electron chi connectivity index (χ4n) is 10.1. The van der Waals surface area contributed by atoms with Crippen LogP contribution in [-0.2, 0) is 65.4 Å². The first-order valence-corrected chi connectivity index (χ1v) is 38.9. The molecule has 5 atom stereocenters. The van der Waals surface area contributed by atoms with Crippen LogP contribution in [0.1, 0.15) is 336 Å². The summed E-state index contributed by atoms with van der Waals surface area (Å²) in [7, 11) is -9.91. The van der Waals surface area contributed by atoms with Gasteiger partial charge in [-0.3, -0.25) is 37.3 Å². The first-order chi connectivity index (χ1) is 43.0. The van der Waals surface area contributed by atoms with Crippen LogP contribution >= 0.6 is 15.6 Å². The summed E-state index contributed by atoms with van der Waals surface area (Å²) in [5.41, 5.74) is 0. The lowest BCUT2D eigenvalue weighted by Crippen LogP contribution is -2.30. The molecule has 89 heavy (non-hydrogen) atoms. The molecule has 0 bridgehead atoms. The Morgan fingerprint density at radius 2 is 0.607 bits per heavy atom. The molecule has 0 spiro atoms. The number of carbonyl (C=O) groups is 4. The Morgan fingerprint density at radius 1 is 0.348 bits per heavy atom. The van der Waals surface area contributed by atoms with Crippen molar-refractivity contribution in [2.24, 2.45) is 5.92 Å². The summed E-state index contributed by atoms with van der Waals surface area (Å²) < 4.78 is 68.2. The van der Waals surface area contributed by atoms with Crippen LogP contribution in [0.15, 0.2) is 24.3 Å². The van der Waals surface area contributed by atoms with Gasteiger partial charge in [-0.05, 0) is 57.3 Å². The minimum Gasteiger partial charge on any atom is -0.462 e. The maximum atomic E-state index is 13.0. The number of carbonyl (C=O) groups excluding carboxylic acids is 4. The normalized spacial score (nSPS) is 14.3. The van der Waals surface area contributed by atoms with Crippen LogP contribution in [0.4, 0.5) is 0 Å². The number of hydrogen-bond acceptors (Lipinski definition) is 15. The Hall–Kier alpha value is -2.46. The summed E-state index contributed by atoms with van der Waals surface area (Å²) in [6.45, 7) is 7.09. The largest absolute Gasteiger partial charge is 0.472 e. The van der Waals surface area contributed by atoms with E-state index in [9.17, 15) is 43.2 Å². The van der Waals surface area contributed by atoms with E-state index in [0.717, 1.165) is 109 Å². The zero-order valence-corrected chi connectivity index (χ0v) is 58.8. The summed E-state index contributed by atoms with van der Waals surface area (Å²) in [6.07, 6.45) is 52.2. The molecule has 0 aromatic rings. The van der Waals surface area contributed by atoms with Gasteiger partial charge in [-0.1, -0.05) is 284 Å². The van der Waals surface area contributed by atoms with Crippen LogP contribution in [0.3, 0.4) is 0 Å². The van der Waals surface area contributed by atoms with Crippen molar-refractivity contribution < 1.29 is 80.2 Å². The van der Waals surface area contributed by atoms with Crippen molar-refractivity contribution in [3.63, 3.8) is 0 Å². The van der Waals surface area contributed by atoms with Crippen LogP contribution in [0.25, 0.3) is 0 Å². The fraction of sp³-hybridized carbons (Fsp3) is 0.886. The highest BCUT2D eigenvalue weighted by atomic mass is 31.2. The van der Waals surface area contributed by atoms with Gasteiger partial charge in [-0.25, -0.2) is 9.13 Å². The fourth-order valence-corrected chi connectivity index (χ4v) is 11.7. The summed E-state index contributed by atoms with van der Waals surface area (Å²) in [5, 5.41) is 10.6. The van der Waals surface area contributed by atoms with Gasteiger partial charge in [0.2, 0.25) is 0 Å². The SMILES string of the molecule is CCCCCC/C=C\C=C/CCCCCCCC(=O)O[C@H](COC(=O)CCCCCCCCCCCCCCCC)COP(=O)(O)OC[C@@H](O)COP(=O)(O)OC[C@@H](COC(=O)CCCCCCCCC(C)C)OC(=O)CCCCCCCCCCCCC. The molecule has 0 radical (unpaired) electrons. The van der Waals surface area contributed by atoms with Gasteiger partial charge < -0.3 is 33.8 Å². The van der Waals surface area contributed by atoms with Crippen molar-refractivity contribution >= 4 is 39.5 Å². The maximum Gasteiger partial charge on any atom is 0.472 e. The van der Waals surface area contributed by atoms with E-state index in [1.54, 1.807) is 0 Å². The number of allylic oxidation sites excluding steroid dienone is 4. The lowest BCUT2D eigenvalue weighted by atomic mass is 10.0. The van der Waals surface area contributed by atoms with E-state index in [4.69, 9.17) is 37.0 Å². The van der Waals surface area contributed by atoms with Gasteiger partial charge >= 0.3 is 39.5 Å². The van der Waals surface area contributed by atoms with Crippen molar-refractivity contribution in [2.45, 2.75) is 355 Å². The number of aliphatic hydroxyl groups is 1. The molecule has 0 aliphatic carbocycles. The van der Waals surface area contributed by atoms with Crippen molar-refractivity contribution in [3.8, 4) is 0 Å². The number of rotatable bonds is 68. The Balaban J connectivity index is 5.27. The Kier molecular flexibility index (Phi) is 61.2. The average Bonchev–Trinajstić information content (AvgIpc) is 3.65. The average molecular weight is 1310 g/mol. The first-order valence-electron chi connectivity index (χ1n) is 36.0. The maximum absolute atomic E-state index is 13.0. The van der Waals surface area contributed by atoms with E-state index >= 15 is 0 Å². The van der Waals surface area contributed by atoms with Crippen LogP contribution < -0.4 is 0 Å². The van der Waals surface area contributed by atoms with Gasteiger partial charge in [-0.15, -0.1) is 0 Å². The molecule has 0 aliphatic heterocycles. The molecule has 0 saturated carbocycles. The number of ether oxygens (including phenoxy) is 4. The highest BCUT2D eigenvalue weighted by molar-refractivity contribution is 7.47. The predicted octanol–water partition coefficient (Wildman–Crippen LogP) is 19.7. The van der Waals surface area contributed by atoms with Crippen LogP contribution in [0, 0.1) is 5.92 Å². The van der Waals surface area contributed by atoms with Crippen LogP contribution in [0.5, 0.6) is 0 Å². The van der Waals surface area contributed by atoms with E-state index in [-0.39, 0.29) is 25.7 Å². The second kappa shape index (κ2) is 63.0. The highest BCUT2D eigenvalue weighted by Gasteiger charge is 2.30. The molecule has 0 amide bonds. The summed E-state index contributed by atoms with van der Waals surface area (Å²) in [6, 6.07) is 0. The zero-order valence-electron chi connectivity index (χ0n) is 57.0. The molecule has 0 aromatic heterocycles. The third-order valence-corrected chi connectivity index (χ3v) is 17.6. The number of esters is 4. The lowest BCUT2D eigenvalue weighted by Gasteiger charge is -2.21. The van der Waals surface area contributed by atoms with Crippen molar-refractivity contribution in [1.29, 1.82) is 0 Å². The van der Waals surface area contributed by atoms with Crippen molar-refractivity contribution in [2.75, 3.05) is 39.6 Å². The summed E-state index contributed by atoms with van der Waals surface area (Å²) in [5.74, 6) is -1.48. The zero-order chi connectivity index (χ0) is 65.6. The van der Waals surface area contributed by atoms with Gasteiger partial charge in [0.15, 0.2) is 12.2 Å². The number of phosphoric acid groups is 2. The molecule has 3 N–H and O–H groups in total. The van der Waals surface area contributed by atoms with Crippen LogP contribution in [-0.4, -0.2) is 96.7 Å². The Labute approximate surface area is 542 Å². The van der Waals surface area contributed by atoms with E-state index in [0.29, 0.717) is 31.6 Å². The quantitative estimate of drug-likeness (QED) is 0.0169. The molecule has 0 rings (SSSR count). The number of aliphatic hydroxyl groups excluding tert-OH is 1. The first kappa shape index (κ1) is 86.5. The highest BCUT2D eigenvalue weighted by Crippen LogP contribution is 2.45. The Bertz CT molecular complexity index is 1810. The molecule has 0 fully saturated rings. The molecule has 19 heteroatoms. The second-order valence-electron chi connectivity index (χ2n) is 25.1. The minimum atomic E-state index is -4.96. The van der Waals surface area contributed by atoms with Crippen molar-refractivity contribution in [3.05, 3.63) is 24.3 Å². The molecule has 17 nitrogen and oxygen atoms in total. The standard InChI is InChI=1S/C70H132O17P2/c1-6-9-12-15-18-21-24-26-28-30-33-36-39-46-51-56-70(75)86-65(59-80-67(72)53-48-43-37-34-32-29-27-25-22-19-16-13-10-7-2)61-84-88(76,77)82-57-64(71)58-83-89(78,79)85-62-66(60-81-68(73)54-49-44-41-40-42-47-52-63(4)5)87-69(74)55-50-45-38-35-31-23-20-17-14-11-8-3/h21,24,26,28,63-66,71H,6-20,22-23,25,27,29-62H2,1-5H3,(H,76,77)(H,78,79)/b24-21-,28-26-/t64-,65-,66-/m1/s1. The number of unbranched alkanes of at least 4 members (excludes halogenated alkanes) is 37. The van der Waals surface area contributed by atoms with E-state index in [1.165, 1.54) is 141 Å². The van der Waals surface area contributed by atoms with Gasteiger partial charge in [0.05, 0.1) is 26.4 Å². The third kappa shape index (κ3) is 64.1. The lowest BCUT2D eigenvalue weighted by molar-refractivity contribution is -0.161. The van der Waals surface area contributed by atoms with Gasteiger partial charge in [0, 0.05) is 25.7 Å². The topological polar surface area (TPSA) is 237 Å². The Morgan fingerprint density at radius 3 is 0.921 bits per heavy atom. The van der Waals surface area contributed by atoms with Gasteiger partial charge in [0.25, 0.3) is 0 Å². The van der Waals surface area contributed by atoms with Crippen molar-refractivity contribution in [1.82, 2.24) is 0 Å². The monoisotopic (exact) mass is 1310 g/mol. The third-order valence-electron chi connectivity index (χ3n) is 15.7. The predicted molar refractivity (Wildman–Crippen MR) is 358 cm³/mol. The number of phosphoric ester groups is 2. The van der Waals surface area contributed by atoms with E-state index < -0.39 is 97.5 Å². The molecule has 0 saturated heterocycles. The molecular formula is C70H132O17P2. The molecule has 2 unspecified atom stereocenters. The molecule has 0 aliphatic rings.